The number of nitrogens with zero attached hydrogens (tertiary/aromatic N) is 1. The molecule has 0 fully saturated rings. The average molecular weight is 417 g/mol. The van der Waals surface area contributed by atoms with Gasteiger partial charge in [-0.1, -0.05) is 53.5 Å². The second-order valence-corrected chi connectivity index (χ2v) is 6.73. The van der Waals surface area contributed by atoms with Crippen molar-refractivity contribution in [2.75, 3.05) is 0 Å². The molecule has 0 amide bonds. The van der Waals surface area contributed by atoms with Crippen LogP contribution in [0.3, 0.4) is 0 Å². The zero-order valence-electron chi connectivity index (χ0n) is 14.6. The van der Waals surface area contributed by atoms with Gasteiger partial charge in [-0.05, 0) is 41.5 Å². The molecular formula is C21H15Cl2FN2O2. The summed E-state index contributed by atoms with van der Waals surface area (Å²) in [6.45, 7) is 3.74. The lowest BCUT2D eigenvalue weighted by Crippen LogP contribution is -2.53. The van der Waals surface area contributed by atoms with Crippen molar-refractivity contribution in [1.29, 1.82) is 0 Å². The standard InChI is InChI=1S/C21H15Cl2FN2O2/c1-2-9-26-18(11-13-5-3-7-15(24)10-13)20(27)25-17(21(26)28)12-14-6-4-8-16(22)19(14)23/h2-8,10-12H,1,9H2,(H,25,27)/b17-12-,18-11-. The molecule has 7 heteroatoms. The molecule has 0 aliphatic rings. The third-order valence-electron chi connectivity index (χ3n) is 3.99. The molecule has 1 heterocycles. The van der Waals surface area contributed by atoms with Crippen molar-refractivity contribution in [2.45, 2.75) is 6.54 Å². The minimum atomic E-state index is -0.505. The monoisotopic (exact) mass is 416 g/mol. The Balaban J connectivity index is 2.32. The summed E-state index contributed by atoms with van der Waals surface area (Å²) in [5.41, 5.74) is -0.000404. The van der Waals surface area contributed by atoms with E-state index in [4.69, 9.17) is 23.2 Å². The first kappa shape index (κ1) is 19.9. The van der Waals surface area contributed by atoms with Crippen molar-refractivity contribution >= 4 is 35.4 Å². The largest absolute Gasteiger partial charge is 0.316 e. The summed E-state index contributed by atoms with van der Waals surface area (Å²) in [4.78, 5) is 28.2. The van der Waals surface area contributed by atoms with E-state index in [-0.39, 0.29) is 22.3 Å². The van der Waals surface area contributed by atoms with Crippen LogP contribution in [0, 0.1) is 5.82 Å². The fourth-order valence-electron chi connectivity index (χ4n) is 2.71. The molecule has 0 bridgehead atoms. The van der Waals surface area contributed by atoms with Crippen LogP contribution < -0.4 is 21.8 Å². The lowest BCUT2D eigenvalue weighted by atomic mass is 10.2. The van der Waals surface area contributed by atoms with E-state index in [2.05, 4.69) is 11.6 Å². The normalized spacial score (nSPS) is 12.4. The highest BCUT2D eigenvalue weighted by Gasteiger charge is 2.07. The third-order valence-corrected chi connectivity index (χ3v) is 4.83. The van der Waals surface area contributed by atoms with Gasteiger partial charge in [-0.2, -0.15) is 0 Å². The van der Waals surface area contributed by atoms with Gasteiger partial charge in [0.2, 0.25) is 0 Å². The van der Waals surface area contributed by atoms with Crippen LogP contribution in [0.5, 0.6) is 0 Å². The molecule has 4 nitrogen and oxygen atoms in total. The molecule has 0 saturated heterocycles. The summed E-state index contributed by atoms with van der Waals surface area (Å²) in [5.74, 6) is -0.441. The Labute approximate surface area is 169 Å². The lowest BCUT2D eigenvalue weighted by Gasteiger charge is -2.05. The van der Waals surface area contributed by atoms with Crippen molar-refractivity contribution in [3.8, 4) is 0 Å². The molecule has 3 aromatic rings. The van der Waals surface area contributed by atoms with Crippen molar-refractivity contribution in [3.05, 3.63) is 114 Å². The predicted molar refractivity (Wildman–Crippen MR) is 111 cm³/mol. The molecule has 0 unspecified atom stereocenters. The number of rotatable bonds is 4. The van der Waals surface area contributed by atoms with Crippen LogP contribution in [0.1, 0.15) is 11.1 Å². The van der Waals surface area contributed by atoms with Gasteiger partial charge in [0.15, 0.2) is 0 Å². The SMILES string of the molecule is C=CCn1c(=O)/c(=C/c2cccc(Cl)c2Cl)[nH]c(=O)/c1=C/c1cccc(F)c1. The van der Waals surface area contributed by atoms with Gasteiger partial charge in [0.05, 0.1) is 10.0 Å². The van der Waals surface area contributed by atoms with E-state index in [0.717, 1.165) is 0 Å². The number of benzene rings is 2. The number of aromatic amines is 1. The highest BCUT2D eigenvalue weighted by atomic mass is 35.5. The van der Waals surface area contributed by atoms with E-state index in [0.29, 0.717) is 16.1 Å². The van der Waals surface area contributed by atoms with Gasteiger partial charge < -0.3 is 4.98 Å². The Hall–Kier alpha value is -2.89. The van der Waals surface area contributed by atoms with Gasteiger partial charge in [-0.3, -0.25) is 14.2 Å². The Morgan fingerprint density at radius 2 is 1.86 bits per heavy atom. The first-order valence-corrected chi connectivity index (χ1v) is 9.03. The van der Waals surface area contributed by atoms with Gasteiger partial charge in [0, 0.05) is 6.54 Å². The fourth-order valence-corrected chi connectivity index (χ4v) is 3.07. The molecule has 2 aromatic carbocycles. The molecule has 28 heavy (non-hydrogen) atoms. The average Bonchev–Trinajstić information content (AvgIpc) is 2.66. The molecule has 0 spiro atoms. The minimum Gasteiger partial charge on any atom is -0.316 e. The maximum Gasteiger partial charge on any atom is 0.275 e. The van der Waals surface area contributed by atoms with Gasteiger partial charge in [0.25, 0.3) is 11.1 Å². The van der Waals surface area contributed by atoms with Crippen LogP contribution in [-0.4, -0.2) is 9.55 Å². The summed E-state index contributed by atoms with van der Waals surface area (Å²) in [6.07, 6.45) is 4.41. The third kappa shape index (κ3) is 4.16. The summed E-state index contributed by atoms with van der Waals surface area (Å²) in [5, 5.41) is 0.743. The van der Waals surface area contributed by atoms with Crippen molar-refractivity contribution in [2.24, 2.45) is 0 Å². The van der Waals surface area contributed by atoms with Crippen LogP contribution in [0.2, 0.25) is 10.0 Å². The number of aromatic nitrogens is 2. The maximum atomic E-state index is 13.5. The van der Waals surface area contributed by atoms with Crippen LogP contribution in [0.4, 0.5) is 4.39 Å². The molecule has 1 N–H and O–H groups in total. The van der Waals surface area contributed by atoms with E-state index >= 15 is 0 Å². The van der Waals surface area contributed by atoms with Gasteiger partial charge in [0.1, 0.15) is 16.5 Å². The van der Waals surface area contributed by atoms with E-state index in [1.54, 1.807) is 24.3 Å². The van der Waals surface area contributed by atoms with Crippen LogP contribution in [0.15, 0.2) is 64.7 Å². The van der Waals surface area contributed by atoms with Crippen molar-refractivity contribution in [3.63, 3.8) is 0 Å². The van der Waals surface area contributed by atoms with Gasteiger partial charge >= 0.3 is 0 Å². The predicted octanol–water partition coefficient (Wildman–Crippen LogP) is 2.83. The molecule has 1 aromatic heterocycles. The number of nitrogens with one attached hydrogen (secondary N) is 1. The van der Waals surface area contributed by atoms with E-state index in [1.165, 1.54) is 41.0 Å². The van der Waals surface area contributed by atoms with Crippen molar-refractivity contribution < 1.29 is 4.39 Å². The second kappa shape index (κ2) is 8.42. The molecule has 3 rings (SSSR count). The van der Waals surface area contributed by atoms with Gasteiger partial charge in [-0.15, -0.1) is 6.58 Å². The van der Waals surface area contributed by atoms with Crippen LogP contribution in [-0.2, 0) is 6.54 Å². The number of allylic oxidation sites excluding steroid dienone is 1. The van der Waals surface area contributed by atoms with Crippen LogP contribution in [0.25, 0.3) is 12.2 Å². The number of H-pyrrole nitrogens is 1. The molecule has 0 aliphatic carbocycles. The van der Waals surface area contributed by atoms with E-state index in [9.17, 15) is 14.0 Å². The smallest absolute Gasteiger partial charge is 0.275 e. The van der Waals surface area contributed by atoms with Crippen molar-refractivity contribution in [1.82, 2.24) is 9.55 Å². The second-order valence-electron chi connectivity index (χ2n) is 5.94. The Kier molecular flexibility index (Phi) is 5.97. The number of hydrogen-bond acceptors (Lipinski definition) is 2. The zero-order valence-corrected chi connectivity index (χ0v) is 16.1. The molecular weight excluding hydrogens is 402 g/mol. The maximum absolute atomic E-state index is 13.5. The van der Waals surface area contributed by atoms with E-state index in [1.807, 2.05) is 0 Å². The first-order chi connectivity index (χ1) is 13.4. The summed E-state index contributed by atoms with van der Waals surface area (Å²) in [6, 6.07) is 10.7. The highest BCUT2D eigenvalue weighted by Crippen LogP contribution is 2.25. The molecule has 0 radical (unpaired) electrons. The summed E-state index contributed by atoms with van der Waals surface area (Å²) >= 11 is 12.2. The molecule has 0 aliphatic heterocycles. The summed E-state index contributed by atoms with van der Waals surface area (Å²) < 4.78 is 14.7. The Bertz CT molecular complexity index is 1290. The van der Waals surface area contributed by atoms with E-state index < -0.39 is 16.9 Å². The fraction of sp³-hybridized carbons (Fsp3) is 0.0476. The minimum absolute atomic E-state index is 0.0485. The zero-order chi connectivity index (χ0) is 20.3. The Morgan fingerprint density at radius 1 is 1.11 bits per heavy atom. The van der Waals surface area contributed by atoms with Crippen LogP contribution >= 0.6 is 23.2 Å². The molecule has 142 valence electrons. The summed E-state index contributed by atoms with van der Waals surface area (Å²) in [7, 11) is 0. The van der Waals surface area contributed by atoms with Gasteiger partial charge in [-0.25, -0.2) is 4.39 Å². The lowest BCUT2D eigenvalue weighted by molar-refractivity contribution is 0.627. The Morgan fingerprint density at radius 3 is 2.57 bits per heavy atom. The highest BCUT2D eigenvalue weighted by molar-refractivity contribution is 6.42. The number of halogens is 3. The topological polar surface area (TPSA) is 54.9 Å². The first-order valence-electron chi connectivity index (χ1n) is 8.28. The number of hydrogen-bond donors (Lipinski definition) is 1. The molecule has 0 saturated carbocycles. The quantitative estimate of drug-likeness (QED) is 0.664. The molecule has 0 atom stereocenters.